The van der Waals surface area contributed by atoms with E-state index in [9.17, 15) is 13.2 Å². The molecule has 0 unspecified atom stereocenters. The Morgan fingerprint density at radius 2 is 1.88 bits per heavy atom. The van der Waals surface area contributed by atoms with Crippen LogP contribution in [0.4, 0.5) is 13.2 Å². The zero-order chi connectivity index (χ0) is 17.4. The van der Waals surface area contributed by atoms with Gasteiger partial charge in [0.25, 0.3) is 0 Å². The molecular weight excluding hydrogens is 353 g/mol. The molecule has 0 bridgehead atoms. The number of halogens is 4. The van der Waals surface area contributed by atoms with Crippen molar-refractivity contribution in [2.45, 2.75) is 38.1 Å². The van der Waals surface area contributed by atoms with E-state index < -0.39 is 6.36 Å². The molecule has 3 nitrogen and oxygen atoms in total. The molecule has 0 radical (unpaired) electrons. The third-order valence-corrected chi connectivity index (χ3v) is 4.23. The molecule has 2 rings (SSSR count). The molecule has 1 aliphatic heterocycles. The average Bonchev–Trinajstić information content (AvgIpc) is 2.55. The molecule has 0 spiro atoms. The lowest BCUT2D eigenvalue weighted by atomic mass is 9.97. The highest BCUT2D eigenvalue weighted by atomic mass is 35.5. The summed E-state index contributed by atoms with van der Waals surface area (Å²) >= 11 is 0. The average molecular weight is 379 g/mol. The minimum atomic E-state index is -4.67. The standard InChI is InChI=1S/C18H25F3N2O.ClH/c1-2-3-4-5-9-16(23-13-11-22-12-14-23)15-8-6-7-10-17(15)24-18(19,20)21;/h2,6-8,10,16,22H,1,3-5,9,11-14H2;1H/t16-;/m0./s1. The summed E-state index contributed by atoms with van der Waals surface area (Å²) in [7, 11) is 0. The number of hydrogen-bond acceptors (Lipinski definition) is 3. The van der Waals surface area contributed by atoms with E-state index in [-0.39, 0.29) is 24.2 Å². The highest BCUT2D eigenvalue weighted by Crippen LogP contribution is 2.36. The second kappa shape index (κ2) is 10.7. The van der Waals surface area contributed by atoms with Crippen molar-refractivity contribution in [2.75, 3.05) is 26.2 Å². The first-order chi connectivity index (χ1) is 11.5. The number of benzene rings is 1. The maximum Gasteiger partial charge on any atom is 0.573 e. The van der Waals surface area contributed by atoms with Crippen molar-refractivity contribution < 1.29 is 17.9 Å². The van der Waals surface area contributed by atoms with Crippen LogP contribution in [-0.2, 0) is 0 Å². The second-order valence-corrected chi connectivity index (χ2v) is 5.96. The summed E-state index contributed by atoms with van der Waals surface area (Å²) in [5, 5.41) is 3.28. The molecule has 25 heavy (non-hydrogen) atoms. The Morgan fingerprint density at radius 1 is 1.20 bits per heavy atom. The third-order valence-electron chi connectivity index (χ3n) is 4.23. The van der Waals surface area contributed by atoms with Crippen LogP contribution in [0.25, 0.3) is 0 Å². The molecule has 142 valence electrons. The van der Waals surface area contributed by atoms with Crippen molar-refractivity contribution >= 4 is 12.4 Å². The molecular formula is C18H26ClF3N2O. The largest absolute Gasteiger partial charge is 0.573 e. The van der Waals surface area contributed by atoms with Gasteiger partial charge in [0.2, 0.25) is 0 Å². The topological polar surface area (TPSA) is 24.5 Å². The molecule has 1 saturated heterocycles. The number of para-hydroxylation sites is 1. The van der Waals surface area contributed by atoms with Crippen molar-refractivity contribution in [1.82, 2.24) is 10.2 Å². The summed E-state index contributed by atoms with van der Waals surface area (Å²) in [5.74, 6) is -0.0859. The van der Waals surface area contributed by atoms with Crippen molar-refractivity contribution in [2.24, 2.45) is 0 Å². The van der Waals surface area contributed by atoms with Crippen LogP contribution in [0.15, 0.2) is 36.9 Å². The van der Waals surface area contributed by atoms with Crippen LogP contribution in [0.1, 0.15) is 37.3 Å². The predicted octanol–water partition coefficient (Wildman–Crippen LogP) is 4.70. The zero-order valence-electron chi connectivity index (χ0n) is 14.2. The number of nitrogens with one attached hydrogen (secondary N) is 1. The van der Waals surface area contributed by atoms with Crippen LogP contribution >= 0.6 is 12.4 Å². The molecule has 1 aliphatic rings. The lowest BCUT2D eigenvalue weighted by molar-refractivity contribution is -0.275. The maximum absolute atomic E-state index is 12.7. The Kier molecular flexibility index (Phi) is 9.32. The summed E-state index contributed by atoms with van der Waals surface area (Å²) in [4.78, 5) is 2.25. The van der Waals surface area contributed by atoms with Gasteiger partial charge in [0.15, 0.2) is 0 Å². The van der Waals surface area contributed by atoms with Gasteiger partial charge in [-0.1, -0.05) is 30.7 Å². The number of piperazine rings is 1. The molecule has 1 heterocycles. The summed E-state index contributed by atoms with van der Waals surface area (Å²) in [6.07, 6.45) is 0.879. The van der Waals surface area contributed by atoms with Crippen LogP contribution in [0.5, 0.6) is 5.75 Å². The van der Waals surface area contributed by atoms with E-state index in [1.165, 1.54) is 6.07 Å². The van der Waals surface area contributed by atoms with Crippen LogP contribution in [0, 0.1) is 0 Å². The summed E-state index contributed by atoms with van der Waals surface area (Å²) in [6, 6.07) is 6.45. The summed E-state index contributed by atoms with van der Waals surface area (Å²) in [6.45, 7) is 7.07. The SMILES string of the molecule is C=CCCCC[C@@H](c1ccccc1OC(F)(F)F)N1CCNCC1.Cl. The molecule has 1 aromatic carbocycles. The summed E-state index contributed by atoms with van der Waals surface area (Å²) in [5.41, 5.74) is 0.621. The van der Waals surface area contributed by atoms with E-state index in [0.29, 0.717) is 5.56 Å². The van der Waals surface area contributed by atoms with Crippen molar-refractivity contribution in [3.05, 3.63) is 42.5 Å². The van der Waals surface area contributed by atoms with Gasteiger partial charge in [0.1, 0.15) is 5.75 Å². The first-order valence-corrected chi connectivity index (χ1v) is 8.41. The van der Waals surface area contributed by atoms with E-state index >= 15 is 0 Å². The van der Waals surface area contributed by atoms with E-state index in [4.69, 9.17) is 0 Å². The third kappa shape index (κ3) is 7.26. The van der Waals surface area contributed by atoms with Gasteiger partial charge in [0.05, 0.1) is 0 Å². The molecule has 1 atom stereocenters. The number of rotatable bonds is 8. The monoisotopic (exact) mass is 378 g/mol. The van der Waals surface area contributed by atoms with Gasteiger partial charge in [-0.05, 0) is 25.3 Å². The fraction of sp³-hybridized carbons (Fsp3) is 0.556. The Morgan fingerprint density at radius 3 is 2.52 bits per heavy atom. The van der Waals surface area contributed by atoms with E-state index in [1.54, 1.807) is 18.2 Å². The fourth-order valence-corrected chi connectivity index (χ4v) is 3.13. The van der Waals surface area contributed by atoms with Gasteiger partial charge in [0, 0.05) is 37.8 Å². The first kappa shape index (κ1) is 21.8. The second-order valence-electron chi connectivity index (χ2n) is 5.96. The molecule has 1 fully saturated rings. The maximum atomic E-state index is 12.7. The fourth-order valence-electron chi connectivity index (χ4n) is 3.13. The number of hydrogen-bond donors (Lipinski definition) is 1. The Labute approximate surface area is 153 Å². The molecule has 0 amide bonds. The lowest BCUT2D eigenvalue weighted by Gasteiger charge is -2.36. The van der Waals surface area contributed by atoms with Gasteiger partial charge in [-0.25, -0.2) is 0 Å². The van der Waals surface area contributed by atoms with Gasteiger partial charge in [-0.2, -0.15) is 0 Å². The Balaban J connectivity index is 0.00000312. The minimum absolute atomic E-state index is 0. The molecule has 0 saturated carbocycles. The molecule has 1 aromatic rings. The van der Waals surface area contributed by atoms with Crippen molar-refractivity contribution in [3.8, 4) is 5.75 Å². The van der Waals surface area contributed by atoms with Gasteiger partial charge >= 0.3 is 6.36 Å². The molecule has 7 heteroatoms. The van der Waals surface area contributed by atoms with Gasteiger partial charge in [-0.3, -0.25) is 4.90 Å². The normalized spacial score (nSPS) is 16.8. The number of alkyl halides is 3. The number of ether oxygens (including phenoxy) is 1. The van der Waals surface area contributed by atoms with E-state index in [2.05, 4.69) is 21.5 Å². The number of nitrogens with zero attached hydrogens (tertiary/aromatic N) is 1. The molecule has 1 N–H and O–H groups in total. The highest BCUT2D eigenvalue weighted by Gasteiger charge is 2.33. The zero-order valence-corrected chi connectivity index (χ0v) is 15.0. The Hall–Kier alpha value is -1.24. The van der Waals surface area contributed by atoms with Crippen LogP contribution in [0.3, 0.4) is 0 Å². The van der Waals surface area contributed by atoms with Crippen LogP contribution in [0.2, 0.25) is 0 Å². The van der Waals surface area contributed by atoms with E-state index in [0.717, 1.165) is 51.9 Å². The quantitative estimate of drug-likeness (QED) is 0.524. The highest BCUT2D eigenvalue weighted by molar-refractivity contribution is 5.85. The Bertz CT molecular complexity index is 519. The number of allylic oxidation sites excluding steroid dienone is 1. The first-order valence-electron chi connectivity index (χ1n) is 8.41. The van der Waals surface area contributed by atoms with Gasteiger partial charge in [-0.15, -0.1) is 32.2 Å². The smallest absolute Gasteiger partial charge is 0.405 e. The lowest BCUT2D eigenvalue weighted by Crippen LogP contribution is -2.45. The van der Waals surface area contributed by atoms with Crippen LogP contribution < -0.4 is 10.1 Å². The molecule has 0 aliphatic carbocycles. The predicted molar refractivity (Wildman–Crippen MR) is 96.2 cm³/mol. The number of unbranched alkanes of at least 4 members (excludes halogenated alkanes) is 2. The summed E-state index contributed by atoms with van der Waals surface area (Å²) < 4.78 is 42.4. The van der Waals surface area contributed by atoms with Crippen LogP contribution in [-0.4, -0.2) is 37.4 Å². The van der Waals surface area contributed by atoms with Crippen molar-refractivity contribution in [3.63, 3.8) is 0 Å². The minimum Gasteiger partial charge on any atom is -0.405 e. The van der Waals surface area contributed by atoms with Crippen molar-refractivity contribution in [1.29, 1.82) is 0 Å². The van der Waals surface area contributed by atoms with Gasteiger partial charge < -0.3 is 10.1 Å². The van der Waals surface area contributed by atoms with E-state index in [1.807, 2.05) is 6.08 Å². The molecule has 0 aromatic heterocycles.